The zero-order valence-corrected chi connectivity index (χ0v) is 13.9. The third-order valence-corrected chi connectivity index (χ3v) is 5.30. The highest BCUT2D eigenvalue weighted by atomic mass is 32.1. The quantitative estimate of drug-likeness (QED) is 0.700. The number of ether oxygens (including phenoxy) is 1. The molecule has 3 heterocycles. The number of benzene rings is 1. The first kappa shape index (κ1) is 15.8. The van der Waals surface area contributed by atoms with Crippen LogP contribution in [0.1, 0.15) is 16.0 Å². The molecule has 1 aliphatic rings. The first-order valence-electron chi connectivity index (χ1n) is 7.73. The van der Waals surface area contributed by atoms with Crippen LogP contribution in [0.25, 0.3) is 10.9 Å². The van der Waals surface area contributed by atoms with Gasteiger partial charge in [-0.2, -0.15) is 14.0 Å². The first-order chi connectivity index (χ1) is 12.2. The number of nitriles is 1. The van der Waals surface area contributed by atoms with Crippen molar-refractivity contribution in [3.8, 4) is 11.8 Å². The number of nitrogens with zero attached hydrogens (tertiary/aromatic N) is 3. The van der Waals surface area contributed by atoms with Crippen LogP contribution in [0.5, 0.6) is 5.75 Å². The molecule has 0 bridgehead atoms. The number of pyridine rings is 1. The topological polar surface area (TPSA) is 49.1 Å². The summed E-state index contributed by atoms with van der Waals surface area (Å²) in [6.45, 7) is -1.44. The van der Waals surface area contributed by atoms with E-state index in [4.69, 9.17) is 0 Å². The third kappa shape index (κ3) is 2.89. The highest BCUT2D eigenvalue weighted by Crippen LogP contribution is 2.36. The minimum atomic E-state index is -2.89. The molecule has 0 atom stereocenters. The lowest BCUT2D eigenvalue weighted by molar-refractivity contribution is -0.0497. The molecule has 1 aromatic carbocycles. The maximum atomic E-state index is 12.6. The zero-order chi connectivity index (χ0) is 17.4. The van der Waals surface area contributed by atoms with Crippen LogP contribution in [-0.2, 0) is 13.0 Å². The monoisotopic (exact) mass is 357 g/mol. The Bertz CT molecular complexity index is 980. The number of alkyl halides is 2. The second kappa shape index (κ2) is 6.30. The van der Waals surface area contributed by atoms with Crippen molar-refractivity contribution in [1.29, 1.82) is 5.26 Å². The number of anilines is 1. The molecule has 1 aliphatic heterocycles. The molecule has 4 nitrogen and oxygen atoms in total. The summed E-state index contributed by atoms with van der Waals surface area (Å²) >= 11 is 1.74. The van der Waals surface area contributed by atoms with Crippen LogP contribution in [-0.4, -0.2) is 18.1 Å². The third-order valence-electron chi connectivity index (χ3n) is 4.28. The Morgan fingerprint density at radius 1 is 1.32 bits per heavy atom. The van der Waals surface area contributed by atoms with Crippen molar-refractivity contribution in [2.45, 2.75) is 19.6 Å². The maximum absolute atomic E-state index is 12.6. The van der Waals surface area contributed by atoms with E-state index in [-0.39, 0.29) is 5.75 Å². The lowest BCUT2D eigenvalue weighted by Crippen LogP contribution is -2.30. The van der Waals surface area contributed by atoms with E-state index in [0.29, 0.717) is 23.0 Å². The van der Waals surface area contributed by atoms with E-state index in [1.54, 1.807) is 17.4 Å². The summed E-state index contributed by atoms with van der Waals surface area (Å²) in [7, 11) is 0. The van der Waals surface area contributed by atoms with Crippen molar-refractivity contribution < 1.29 is 13.5 Å². The molecule has 3 aromatic rings. The number of aromatic nitrogens is 1. The molecule has 0 unspecified atom stereocenters. The summed E-state index contributed by atoms with van der Waals surface area (Å²) in [6.07, 6.45) is 2.43. The Hall–Kier alpha value is -2.72. The van der Waals surface area contributed by atoms with Gasteiger partial charge >= 0.3 is 6.61 Å². The average molecular weight is 357 g/mol. The molecule has 0 spiro atoms. The van der Waals surface area contributed by atoms with Gasteiger partial charge in [-0.3, -0.25) is 4.98 Å². The minimum absolute atomic E-state index is 0.0638. The summed E-state index contributed by atoms with van der Waals surface area (Å²) in [5.41, 5.74) is 3.04. The Morgan fingerprint density at radius 3 is 3.00 bits per heavy atom. The number of fused-ring (bicyclic) bond motifs is 2. The van der Waals surface area contributed by atoms with Gasteiger partial charge < -0.3 is 9.64 Å². The van der Waals surface area contributed by atoms with Crippen LogP contribution in [0.2, 0.25) is 0 Å². The summed E-state index contributed by atoms with van der Waals surface area (Å²) in [5.74, 6) is 0.0638. The van der Waals surface area contributed by atoms with Gasteiger partial charge in [-0.25, -0.2) is 0 Å². The van der Waals surface area contributed by atoms with Gasteiger partial charge in [0.2, 0.25) is 0 Å². The van der Waals surface area contributed by atoms with E-state index in [9.17, 15) is 14.0 Å². The van der Waals surface area contributed by atoms with Crippen molar-refractivity contribution >= 4 is 27.9 Å². The van der Waals surface area contributed by atoms with Crippen LogP contribution < -0.4 is 9.64 Å². The lowest BCUT2D eigenvalue weighted by Gasteiger charge is -2.30. The summed E-state index contributed by atoms with van der Waals surface area (Å²) in [6, 6.07) is 8.90. The summed E-state index contributed by atoms with van der Waals surface area (Å²) in [4.78, 5) is 7.74. The molecular weight excluding hydrogens is 344 g/mol. The molecule has 7 heteroatoms. The second-order valence-corrected chi connectivity index (χ2v) is 6.73. The molecule has 0 aliphatic carbocycles. The summed E-state index contributed by atoms with van der Waals surface area (Å²) < 4.78 is 29.6. The molecule has 25 heavy (non-hydrogen) atoms. The average Bonchev–Trinajstić information content (AvgIpc) is 3.07. The fourth-order valence-electron chi connectivity index (χ4n) is 3.20. The van der Waals surface area contributed by atoms with Crippen LogP contribution in [0.3, 0.4) is 0 Å². The van der Waals surface area contributed by atoms with Gasteiger partial charge in [-0.05, 0) is 41.6 Å². The van der Waals surface area contributed by atoms with Gasteiger partial charge in [0.15, 0.2) is 0 Å². The minimum Gasteiger partial charge on any atom is -0.435 e. The number of hydrogen-bond acceptors (Lipinski definition) is 5. The van der Waals surface area contributed by atoms with Gasteiger partial charge in [0, 0.05) is 29.5 Å². The fourth-order valence-corrected chi connectivity index (χ4v) is 4.09. The van der Waals surface area contributed by atoms with Crippen LogP contribution in [0.15, 0.2) is 35.8 Å². The highest BCUT2D eigenvalue weighted by molar-refractivity contribution is 7.10. The number of halogens is 2. The van der Waals surface area contributed by atoms with E-state index < -0.39 is 6.61 Å². The van der Waals surface area contributed by atoms with E-state index >= 15 is 0 Å². The predicted molar refractivity (Wildman–Crippen MR) is 92.2 cm³/mol. The summed E-state index contributed by atoms with van der Waals surface area (Å²) in [5, 5.41) is 12.2. The van der Waals surface area contributed by atoms with Crippen molar-refractivity contribution in [3.05, 3.63) is 51.8 Å². The van der Waals surface area contributed by atoms with Gasteiger partial charge in [0.05, 0.1) is 16.8 Å². The Morgan fingerprint density at radius 2 is 2.20 bits per heavy atom. The molecule has 0 N–H and O–H groups in total. The standard InChI is InChI=1S/C18H13F2N3OS/c19-18(20)24-13-1-2-15-14(7-13)17(12(8-21)9-22-15)23-5-3-16-11(10-23)4-6-25-16/h1-2,4,6-7,9,18H,3,5,10H2. The maximum Gasteiger partial charge on any atom is 0.387 e. The molecule has 0 fully saturated rings. The number of thiophene rings is 1. The highest BCUT2D eigenvalue weighted by Gasteiger charge is 2.22. The first-order valence-corrected chi connectivity index (χ1v) is 8.61. The van der Waals surface area contributed by atoms with Gasteiger partial charge in [-0.15, -0.1) is 11.3 Å². The van der Waals surface area contributed by atoms with Crippen LogP contribution in [0.4, 0.5) is 14.5 Å². The Kier molecular flexibility index (Phi) is 3.98. The zero-order valence-electron chi connectivity index (χ0n) is 13.1. The molecule has 0 radical (unpaired) electrons. The van der Waals surface area contributed by atoms with Crippen molar-refractivity contribution in [3.63, 3.8) is 0 Å². The lowest BCUT2D eigenvalue weighted by atomic mass is 10.0. The van der Waals surface area contributed by atoms with Gasteiger partial charge in [-0.1, -0.05) is 0 Å². The molecule has 0 saturated heterocycles. The second-order valence-electron chi connectivity index (χ2n) is 5.73. The van der Waals surface area contributed by atoms with Gasteiger partial charge in [0.25, 0.3) is 0 Å². The molecular formula is C18H13F2N3OS. The smallest absolute Gasteiger partial charge is 0.387 e. The normalized spacial score (nSPS) is 13.8. The van der Waals surface area contributed by atoms with E-state index in [1.807, 2.05) is 0 Å². The Balaban J connectivity index is 1.84. The molecule has 2 aromatic heterocycles. The molecule has 0 amide bonds. The SMILES string of the molecule is N#Cc1cnc2ccc(OC(F)F)cc2c1N1CCc2sccc2C1. The predicted octanol–water partition coefficient (Wildman–Crippen LogP) is 4.33. The molecule has 0 saturated carbocycles. The van der Waals surface area contributed by atoms with Crippen LogP contribution >= 0.6 is 11.3 Å². The van der Waals surface area contributed by atoms with Crippen molar-refractivity contribution in [2.75, 3.05) is 11.4 Å². The van der Waals surface area contributed by atoms with Crippen molar-refractivity contribution in [1.82, 2.24) is 4.98 Å². The fraction of sp³-hybridized carbons (Fsp3) is 0.222. The molecule has 4 rings (SSSR count). The Labute approximate surface area is 146 Å². The molecule has 126 valence electrons. The van der Waals surface area contributed by atoms with E-state index in [2.05, 4.69) is 32.1 Å². The van der Waals surface area contributed by atoms with Gasteiger partial charge in [0.1, 0.15) is 11.8 Å². The van der Waals surface area contributed by atoms with Crippen LogP contribution in [0, 0.1) is 11.3 Å². The van der Waals surface area contributed by atoms with E-state index in [0.717, 1.165) is 18.7 Å². The number of hydrogen-bond donors (Lipinski definition) is 0. The largest absolute Gasteiger partial charge is 0.435 e. The van der Waals surface area contributed by atoms with Crippen molar-refractivity contribution in [2.24, 2.45) is 0 Å². The van der Waals surface area contributed by atoms with E-state index in [1.165, 1.54) is 28.8 Å². The number of rotatable bonds is 3.